The molecule has 0 heterocycles. The molecule has 0 spiro atoms. The van der Waals surface area contributed by atoms with Crippen LogP contribution in [0.1, 0.15) is 18.9 Å². The van der Waals surface area contributed by atoms with Crippen molar-refractivity contribution in [3.63, 3.8) is 0 Å². The zero-order valence-electron chi connectivity index (χ0n) is 15.8. The summed E-state index contributed by atoms with van der Waals surface area (Å²) in [4.78, 5) is 5.41. The molecule has 0 aromatic heterocycles. The molecule has 0 aliphatic carbocycles. The van der Waals surface area contributed by atoms with Crippen molar-refractivity contribution in [2.45, 2.75) is 20.0 Å². The Labute approximate surface area is 171 Å². The second-order valence-electron chi connectivity index (χ2n) is 6.04. The van der Waals surface area contributed by atoms with E-state index in [1.54, 1.807) is 12.1 Å². The summed E-state index contributed by atoms with van der Waals surface area (Å²) in [6, 6.07) is 22.8. The van der Waals surface area contributed by atoms with Crippen molar-refractivity contribution in [1.82, 2.24) is 5.48 Å². The summed E-state index contributed by atoms with van der Waals surface area (Å²) in [5.74, 6) is 2.70. The quantitative estimate of drug-likeness (QED) is 0.288. The molecule has 3 aromatic rings. The Hall–Kier alpha value is -2.89. The number of nitrogens with one attached hydrogen (secondary N) is 1. The van der Waals surface area contributed by atoms with E-state index in [4.69, 9.17) is 20.0 Å². The van der Waals surface area contributed by atoms with Gasteiger partial charge in [0.1, 0.15) is 23.9 Å². The third-order valence-electron chi connectivity index (χ3n) is 3.82. The zero-order chi connectivity index (χ0) is 18.9. The standard InChI is InChI=1S/C22H24N2O3.ClH/c1-2-14-24-27-20-12-13-22(21(23)15-20)26-19-10-8-18(9-11-19)25-16-17-6-4-3-5-7-17;/h3-13,15,24H,2,14,16,23H2,1H3;1H. The fraction of sp³-hybridized carbons (Fsp3) is 0.182. The molecule has 3 rings (SSSR count). The topological polar surface area (TPSA) is 65.7 Å². The Morgan fingerprint density at radius 2 is 1.54 bits per heavy atom. The highest BCUT2D eigenvalue weighted by Crippen LogP contribution is 2.31. The van der Waals surface area contributed by atoms with Crippen LogP contribution in [-0.4, -0.2) is 6.54 Å². The molecule has 28 heavy (non-hydrogen) atoms. The van der Waals surface area contributed by atoms with Crippen molar-refractivity contribution in [3.8, 4) is 23.0 Å². The summed E-state index contributed by atoms with van der Waals surface area (Å²) >= 11 is 0. The van der Waals surface area contributed by atoms with Crippen LogP contribution in [0.3, 0.4) is 0 Å². The van der Waals surface area contributed by atoms with Gasteiger partial charge in [0.25, 0.3) is 0 Å². The highest BCUT2D eigenvalue weighted by Gasteiger charge is 2.05. The van der Waals surface area contributed by atoms with Crippen molar-refractivity contribution < 1.29 is 14.3 Å². The van der Waals surface area contributed by atoms with Gasteiger partial charge in [-0.05, 0) is 48.4 Å². The van der Waals surface area contributed by atoms with Crippen LogP contribution in [-0.2, 0) is 6.61 Å². The Balaban J connectivity index is 0.00000280. The average molecular weight is 401 g/mol. The molecule has 0 aliphatic heterocycles. The van der Waals surface area contributed by atoms with Gasteiger partial charge >= 0.3 is 0 Å². The first-order valence-corrected chi connectivity index (χ1v) is 8.98. The number of rotatable bonds is 9. The molecule has 3 N–H and O–H groups in total. The second-order valence-corrected chi connectivity index (χ2v) is 6.04. The van der Waals surface area contributed by atoms with Gasteiger partial charge in [0.05, 0.1) is 5.69 Å². The van der Waals surface area contributed by atoms with E-state index in [-0.39, 0.29) is 12.4 Å². The monoisotopic (exact) mass is 400 g/mol. The Morgan fingerprint density at radius 3 is 2.21 bits per heavy atom. The van der Waals surface area contributed by atoms with Gasteiger partial charge in [-0.3, -0.25) is 0 Å². The Morgan fingerprint density at radius 1 is 0.857 bits per heavy atom. The first kappa shape index (κ1) is 21.4. The van der Waals surface area contributed by atoms with Crippen LogP contribution >= 0.6 is 12.4 Å². The van der Waals surface area contributed by atoms with E-state index in [0.717, 1.165) is 24.3 Å². The van der Waals surface area contributed by atoms with Crippen LogP contribution in [0.5, 0.6) is 23.0 Å². The fourth-order valence-corrected chi connectivity index (χ4v) is 2.39. The fourth-order valence-electron chi connectivity index (χ4n) is 2.39. The SMILES string of the molecule is CCCNOc1ccc(Oc2ccc(OCc3ccccc3)cc2)c(N)c1.Cl. The van der Waals surface area contributed by atoms with Crippen LogP contribution < -0.4 is 25.5 Å². The lowest BCUT2D eigenvalue weighted by Gasteiger charge is -2.12. The lowest BCUT2D eigenvalue weighted by atomic mass is 10.2. The van der Waals surface area contributed by atoms with E-state index in [0.29, 0.717) is 29.5 Å². The first-order valence-electron chi connectivity index (χ1n) is 8.98. The van der Waals surface area contributed by atoms with E-state index in [9.17, 15) is 0 Å². The maximum Gasteiger partial charge on any atom is 0.150 e. The van der Waals surface area contributed by atoms with Crippen LogP contribution in [0.25, 0.3) is 0 Å². The molecule has 3 aromatic carbocycles. The molecule has 0 radical (unpaired) electrons. The maximum absolute atomic E-state index is 6.06. The summed E-state index contributed by atoms with van der Waals surface area (Å²) in [5, 5.41) is 0. The van der Waals surface area contributed by atoms with Crippen LogP contribution in [0, 0.1) is 0 Å². The zero-order valence-corrected chi connectivity index (χ0v) is 16.6. The van der Waals surface area contributed by atoms with E-state index < -0.39 is 0 Å². The van der Waals surface area contributed by atoms with E-state index in [2.05, 4.69) is 12.4 Å². The minimum atomic E-state index is 0. The van der Waals surface area contributed by atoms with Crippen molar-refractivity contribution in [2.24, 2.45) is 0 Å². The lowest BCUT2D eigenvalue weighted by Crippen LogP contribution is -2.18. The molecular weight excluding hydrogens is 376 g/mol. The molecule has 0 saturated carbocycles. The van der Waals surface area contributed by atoms with E-state index in [1.807, 2.05) is 60.7 Å². The second kappa shape index (κ2) is 11.1. The number of anilines is 1. The van der Waals surface area contributed by atoms with E-state index >= 15 is 0 Å². The average Bonchev–Trinajstić information content (AvgIpc) is 2.70. The van der Waals surface area contributed by atoms with Gasteiger partial charge in [-0.2, -0.15) is 5.48 Å². The molecule has 6 heteroatoms. The number of benzene rings is 3. The number of nitrogens with two attached hydrogens (primary N) is 1. The molecule has 0 bridgehead atoms. The third-order valence-corrected chi connectivity index (χ3v) is 3.82. The number of hydrogen-bond acceptors (Lipinski definition) is 5. The van der Waals surface area contributed by atoms with Gasteiger partial charge in [-0.1, -0.05) is 37.3 Å². The highest BCUT2D eigenvalue weighted by atomic mass is 35.5. The predicted molar refractivity (Wildman–Crippen MR) is 114 cm³/mol. The summed E-state index contributed by atoms with van der Waals surface area (Å²) in [7, 11) is 0. The van der Waals surface area contributed by atoms with Crippen LogP contribution in [0.15, 0.2) is 72.8 Å². The Bertz CT molecular complexity index is 842. The highest BCUT2D eigenvalue weighted by molar-refractivity contribution is 5.85. The lowest BCUT2D eigenvalue weighted by molar-refractivity contribution is 0.196. The smallest absolute Gasteiger partial charge is 0.150 e. The van der Waals surface area contributed by atoms with Gasteiger partial charge in [0.15, 0.2) is 5.75 Å². The van der Waals surface area contributed by atoms with Crippen molar-refractivity contribution in [3.05, 3.63) is 78.4 Å². The van der Waals surface area contributed by atoms with E-state index in [1.165, 1.54) is 0 Å². The minimum Gasteiger partial charge on any atom is -0.489 e. The third kappa shape index (κ3) is 6.37. The maximum atomic E-state index is 6.06. The number of hydroxylamine groups is 1. The summed E-state index contributed by atoms with van der Waals surface area (Å²) in [5.41, 5.74) is 10.6. The predicted octanol–water partition coefficient (Wildman–Crippen LogP) is 5.36. The van der Waals surface area contributed by atoms with Gasteiger partial charge in [0.2, 0.25) is 0 Å². The minimum absolute atomic E-state index is 0. The van der Waals surface area contributed by atoms with Gasteiger partial charge in [0, 0.05) is 12.6 Å². The number of halogens is 1. The first-order chi connectivity index (χ1) is 13.2. The molecular formula is C22H25ClN2O3. The molecule has 0 unspecified atom stereocenters. The Kier molecular flexibility index (Phi) is 8.46. The van der Waals surface area contributed by atoms with Crippen LogP contribution in [0.4, 0.5) is 5.69 Å². The number of hydrogen-bond donors (Lipinski definition) is 2. The van der Waals surface area contributed by atoms with Gasteiger partial charge in [-0.15, -0.1) is 12.4 Å². The molecule has 0 fully saturated rings. The molecule has 148 valence electrons. The summed E-state index contributed by atoms with van der Waals surface area (Å²) in [6.07, 6.45) is 0.988. The molecule has 0 aliphatic rings. The molecule has 0 atom stereocenters. The summed E-state index contributed by atoms with van der Waals surface area (Å²) < 4.78 is 11.6. The van der Waals surface area contributed by atoms with Crippen molar-refractivity contribution in [2.75, 3.05) is 12.3 Å². The summed E-state index contributed by atoms with van der Waals surface area (Å²) in [6.45, 7) is 3.37. The normalized spacial score (nSPS) is 10.0. The van der Waals surface area contributed by atoms with Gasteiger partial charge in [-0.25, -0.2) is 0 Å². The van der Waals surface area contributed by atoms with Crippen molar-refractivity contribution in [1.29, 1.82) is 0 Å². The number of nitrogen functional groups attached to an aromatic ring is 1. The van der Waals surface area contributed by atoms with Crippen molar-refractivity contribution >= 4 is 18.1 Å². The van der Waals surface area contributed by atoms with Crippen LogP contribution in [0.2, 0.25) is 0 Å². The van der Waals surface area contributed by atoms with Gasteiger partial charge < -0.3 is 20.0 Å². The number of ether oxygens (including phenoxy) is 2. The largest absolute Gasteiger partial charge is 0.489 e. The molecule has 0 amide bonds. The molecule has 0 saturated heterocycles. The molecule has 5 nitrogen and oxygen atoms in total.